The summed E-state index contributed by atoms with van der Waals surface area (Å²) in [5, 5.41) is 0.353. The van der Waals surface area contributed by atoms with Gasteiger partial charge in [0.1, 0.15) is 5.82 Å². The van der Waals surface area contributed by atoms with Crippen LogP contribution < -0.4 is 4.90 Å². The summed E-state index contributed by atoms with van der Waals surface area (Å²) in [5.74, 6) is 1.03. The zero-order valence-electron chi connectivity index (χ0n) is 11.7. The van der Waals surface area contributed by atoms with Gasteiger partial charge >= 0.3 is 0 Å². The third-order valence-electron chi connectivity index (χ3n) is 4.60. The molecular weight excluding hydrogens is 262 g/mol. The number of piperidine rings is 1. The van der Waals surface area contributed by atoms with Crippen LogP contribution in [0.15, 0.2) is 0 Å². The molecule has 3 rings (SSSR count). The Kier molecular flexibility index (Phi) is 3.39. The highest BCUT2D eigenvalue weighted by Crippen LogP contribution is 2.40. The Morgan fingerprint density at radius 3 is 2.37 bits per heavy atom. The van der Waals surface area contributed by atoms with E-state index in [1.54, 1.807) is 0 Å². The molecule has 0 saturated carbocycles. The molecule has 0 aromatic carbocycles. The first-order valence-corrected chi connectivity index (χ1v) is 7.29. The van der Waals surface area contributed by atoms with Crippen molar-refractivity contribution >= 4 is 17.4 Å². The van der Waals surface area contributed by atoms with Crippen LogP contribution in [0.2, 0.25) is 5.28 Å². The number of ether oxygens (including phenoxy) is 1. The van der Waals surface area contributed by atoms with Gasteiger partial charge in [-0.15, -0.1) is 0 Å². The lowest BCUT2D eigenvalue weighted by Gasteiger charge is -2.40. The van der Waals surface area contributed by atoms with E-state index in [4.69, 9.17) is 16.3 Å². The fourth-order valence-corrected chi connectivity index (χ4v) is 3.70. The third-order valence-corrected chi connectivity index (χ3v) is 4.77. The van der Waals surface area contributed by atoms with E-state index in [1.807, 2.05) is 14.0 Å². The summed E-state index contributed by atoms with van der Waals surface area (Å²) in [6.07, 6.45) is 5.03. The molecule has 0 amide bonds. The minimum atomic E-state index is 0.353. The minimum absolute atomic E-state index is 0.353. The van der Waals surface area contributed by atoms with Crippen LogP contribution in [0, 0.1) is 13.8 Å². The van der Waals surface area contributed by atoms with E-state index in [2.05, 4.69) is 21.8 Å². The topological polar surface area (TPSA) is 38.2 Å². The number of aromatic nitrogens is 2. The van der Waals surface area contributed by atoms with Crippen molar-refractivity contribution in [1.29, 1.82) is 0 Å². The van der Waals surface area contributed by atoms with Gasteiger partial charge in [-0.1, -0.05) is 0 Å². The van der Waals surface area contributed by atoms with Crippen molar-refractivity contribution in [2.75, 3.05) is 12.0 Å². The maximum absolute atomic E-state index is 6.04. The van der Waals surface area contributed by atoms with Crippen LogP contribution in [0.5, 0.6) is 0 Å². The van der Waals surface area contributed by atoms with E-state index in [0.29, 0.717) is 23.5 Å². The normalized spacial score (nSPS) is 29.9. The number of halogens is 1. The maximum atomic E-state index is 6.04. The molecule has 4 nitrogen and oxygen atoms in total. The minimum Gasteiger partial charge on any atom is -0.381 e. The first kappa shape index (κ1) is 13.1. The molecule has 2 bridgehead atoms. The summed E-state index contributed by atoms with van der Waals surface area (Å²) in [5.41, 5.74) is 2.13. The van der Waals surface area contributed by atoms with Gasteiger partial charge in [0.25, 0.3) is 0 Å². The van der Waals surface area contributed by atoms with Gasteiger partial charge in [-0.05, 0) is 51.1 Å². The van der Waals surface area contributed by atoms with Crippen LogP contribution in [-0.4, -0.2) is 35.3 Å². The summed E-state index contributed by atoms with van der Waals surface area (Å²) in [4.78, 5) is 11.2. The lowest BCUT2D eigenvalue weighted by atomic mass is 9.99. The average molecular weight is 282 g/mol. The largest absolute Gasteiger partial charge is 0.381 e. The van der Waals surface area contributed by atoms with Crippen molar-refractivity contribution in [2.24, 2.45) is 0 Å². The van der Waals surface area contributed by atoms with Crippen molar-refractivity contribution in [1.82, 2.24) is 9.97 Å². The summed E-state index contributed by atoms with van der Waals surface area (Å²) in [6.45, 7) is 4.08. The molecule has 2 fully saturated rings. The lowest BCUT2D eigenvalue weighted by molar-refractivity contribution is 0.0681. The van der Waals surface area contributed by atoms with E-state index in [1.165, 1.54) is 12.8 Å². The average Bonchev–Trinajstić information content (AvgIpc) is 2.64. The second-order valence-corrected chi connectivity index (χ2v) is 5.99. The van der Waals surface area contributed by atoms with Gasteiger partial charge in [-0.3, -0.25) is 0 Å². The monoisotopic (exact) mass is 281 g/mol. The Labute approximate surface area is 119 Å². The number of rotatable bonds is 2. The van der Waals surface area contributed by atoms with Crippen LogP contribution in [0.3, 0.4) is 0 Å². The summed E-state index contributed by atoms with van der Waals surface area (Å²) < 4.78 is 5.55. The zero-order chi connectivity index (χ0) is 13.6. The second kappa shape index (κ2) is 4.91. The molecule has 1 aromatic heterocycles. The number of aryl methyl sites for hydroxylation is 1. The number of methoxy groups -OCH3 is 1. The Morgan fingerprint density at radius 1 is 1.16 bits per heavy atom. The van der Waals surface area contributed by atoms with E-state index >= 15 is 0 Å². The number of hydrogen-bond acceptors (Lipinski definition) is 4. The van der Waals surface area contributed by atoms with Gasteiger partial charge in [0.15, 0.2) is 0 Å². The molecule has 2 aliphatic heterocycles. The predicted molar refractivity (Wildman–Crippen MR) is 75.8 cm³/mol. The number of nitrogens with zero attached hydrogens (tertiary/aromatic N) is 3. The summed E-state index contributed by atoms with van der Waals surface area (Å²) >= 11 is 6.04. The molecule has 2 unspecified atom stereocenters. The van der Waals surface area contributed by atoms with Gasteiger partial charge < -0.3 is 9.64 Å². The first-order chi connectivity index (χ1) is 9.10. The molecule has 104 valence electrons. The smallest absolute Gasteiger partial charge is 0.224 e. The fraction of sp³-hybridized carbons (Fsp3) is 0.714. The highest BCUT2D eigenvalue weighted by atomic mass is 35.5. The Bertz CT molecular complexity index is 480. The highest BCUT2D eigenvalue weighted by molar-refractivity contribution is 6.28. The lowest BCUT2D eigenvalue weighted by Crippen LogP contribution is -2.46. The van der Waals surface area contributed by atoms with Crippen LogP contribution in [-0.2, 0) is 4.74 Å². The molecule has 3 heterocycles. The van der Waals surface area contributed by atoms with Crippen molar-refractivity contribution < 1.29 is 4.74 Å². The quantitative estimate of drug-likeness (QED) is 0.782. The van der Waals surface area contributed by atoms with Gasteiger partial charge in [0, 0.05) is 30.5 Å². The molecule has 2 saturated heterocycles. The summed E-state index contributed by atoms with van der Waals surface area (Å²) in [6, 6.07) is 1.07. The molecule has 1 aromatic rings. The van der Waals surface area contributed by atoms with Crippen LogP contribution in [0.4, 0.5) is 5.82 Å². The molecule has 2 aliphatic rings. The predicted octanol–water partition coefficient (Wildman–Crippen LogP) is 2.89. The van der Waals surface area contributed by atoms with Crippen molar-refractivity contribution in [3.8, 4) is 0 Å². The van der Waals surface area contributed by atoms with Crippen molar-refractivity contribution in [3.05, 3.63) is 16.5 Å². The van der Waals surface area contributed by atoms with Gasteiger partial charge in [0.2, 0.25) is 5.28 Å². The van der Waals surface area contributed by atoms with Gasteiger partial charge in [-0.25, -0.2) is 9.97 Å². The molecule has 19 heavy (non-hydrogen) atoms. The van der Waals surface area contributed by atoms with Crippen molar-refractivity contribution in [3.63, 3.8) is 0 Å². The number of anilines is 1. The summed E-state index contributed by atoms with van der Waals surface area (Å²) in [7, 11) is 1.82. The first-order valence-electron chi connectivity index (χ1n) is 6.92. The maximum Gasteiger partial charge on any atom is 0.224 e. The fourth-order valence-electron chi connectivity index (χ4n) is 3.50. The molecule has 0 N–H and O–H groups in total. The Hall–Kier alpha value is -0.870. The van der Waals surface area contributed by atoms with Crippen LogP contribution in [0.1, 0.15) is 36.9 Å². The van der Waals surface area contributed by atoms with Gasteiger partial charge in [-0.2, -0.15) is 0 Å². The van der Waals surface area contributed by atoms with E-state index in [9.17, 15) is 0 Å². The molecular formula is C14H20ClN3O. The van der Waals surface area contributed by atoms with Gasteiger partial charge in [0.05, 0.1) is 6.10 Å². The second-order valence-electron chi connectivity index (χ2n) is 5.65. The molecule has 0 aliphatic carbocycles. The molecule has 0 radical (unpaired) electrons. The number of fused-ring (bicyclic) bond motifs is 2. The zero-order valence-corrected chi connectivity index (χ0v) is 12.4. The van der Waals surface area contributed by atoms with E-state index in [0.717, 1.165) is 29.9 Å². The Morgan fingerprint density at radius 2 is 1.79 bits per heavy atom. The number of hydrogen-bond donors (Lipinski definition) is 0. The standard InChI is InChI=1S/C14H20ClN3O/c1-8-9(2)16-14(15)17-13(8)18-10-4-5-11(18)7-12(6-10)19-3/h10-12H,4-7H2,1-3H3. The van der Waals surface area contributed by atoms with E-state index < -0.39 is 0 Å². The van der Waals surface area contributed by atoms with Crippen LogP contribution in [0.25, 0.3) is 0 Å². The molecule has 0 spiro atoms. The SMILES string of the molecule is COC1CC2CCC(C1)N2c1nc(Cl)nc(C)c1C. The van der Waals surface area contributed by atoms with Crippen molar-refractivity contribution in [2.45, 2.75) is 57.7 Å². The Balaban J connectivity index is 1.96. The van der Waals surface area contributed by atoms with E-state index in [-0.39, 0.29) is 0 Å². The highest BCUT2D eigenvalue weighted by Gasteiger charge is 2.42. The molecule has 2 atom stereocenters. The third kappa shape index (κ3) is 2.21. The molecule has 5 heteroatoms. The van der Waals surface area contributed by atoms with Crippen LogP contribution >= 0.6 is 11.6 Å².